The van der Waals surface area contributed by atoms with E-state index >= 15 is 0 Å². The third-order valence-electron chi connectivity index (χ3n) is 6.01. The molecule has 7 nitrogen and oxygen atoms in total. The summed E-state index contributed by atoms with van der Waals surface area (Å²) >= 11 is 0. The van der Waals surface area contributed by atoms with E-state index in [1.165, 1.54) is 0 Å². The number of carbonyl (C=O) groups excluding carboxylic acids is 1. The Morgan fingerprint density at radius 2 is 1.88 bits per heavy atom. The maximum Gasteiger partial charge on any atom is 0.257 e. The van der Waals surface area contributed by atoms with Crippen LogP contribution in [0.1, 0.15) is 29.2 Å². The Kier molecular flexibility index (Phi) is 5.46. The molecule has 1 fully saturated rings. The summed E-state index contributed by atoms with van der Waals surface area (Å²) in [6, 6.07) is 17.9. The molecule has 3 heterocycles. The molecule has 2 aromatic carbocycles. The van der Waals surface area contributed by atoms with Gasteiger partial charge in [-0.2, -0.15) is 5.10 Å². The molecule has 5 rings (SSSR count). The van der Waals surface area contributed by atoms with Crippen molar-refractivity contribution in [2.45, 2.75) is 18.9 Å². The molecule has 2 aromatic heterocycles. The van der Waals surface area contributed by atoms with E-state index in [0.717, 1.165) is 29.8 Å². The zero-order valence-corrected chi connectivity index (χ0v) is 18.0. The molecular formula is C25H25N5O2. The molecule has 4 aromatic rings. The van der Waals surface area contributed by atoms with Crippen LogP contribution in [-0.2, 0) is 0 Å². The highest BCUT2D eigenvalue weighted by Crippen LogP contribution is 2.30. The zero-order chi connectivity index (χ0) is 21.9. The number of benzene rings is 2. The number of likely N-dealkylation sites (tertiary alicyclic amines) is 1. The van der Waals surface area contributed by atoms with Gasteiger partial charge >= 0.3 is 0 Å². The Morgan fingerprint density at radius 3 is 2.59 bits per heavy atom. The topological polar surface area (TPSA) is 65.2 Å². The van der Waals surface area contributed by atoms with E-state index in [4.69, 9.17) is 9.84 Å². The van der Waals surface area contributed by atoms with Crippen LogP contribution in [0.3, 0.4) is 0 Å². The van der Waals surface area contributed by atoms with E-state index < -0.39 is 0 Å². The molecule has 0 saturated carbocycles. The second-order valence-electron chi connectivity index (χ2n) is 7.94. The van der Waals surface area contributed by atoms with Gasteiger partial charge in [0.25, 0.3) is 5.91 Å². The largest absolute Gasteiger partial charge is 0.497 e. The third-order valence-corrected chi connectivity index (χ3v) is 6.01. The van der Waals surface area contributed by atoms with Crippen molar-refractivity contribution in [3.63, 3.8) is 0 Å². The number of para-hydroxylation sites is 1. The molecule has 1 saturated heterocycles. The molecular weight excluding hydrogens is 402 g/mol. The molecule has 0 spiro atoms. The molecule has 1 amide bonds. The fourth-order valence-electron chi connectivity index (χ4n) is 4.25. The van der Waals surface area contributed by atoms with E-state index in [-0.39, 0.29) is 5.91 Å². The average molecular weight is 428 g/mol. The number of ether oxygens (including phenoxy) is 1. The van der Waals surface area contributed by atoms with E-state index in [0.29, 0.717) is 30.4 Å². The normalized spacial score (nSPS) is 14.5. The first-order chi connectivity index (χ1) is 15.7. The van der Waals surface area contributed by atoms with Crippen LogP contribution >= 0.6 is 0 Å². The van der Waals surface area contributed by atoms with Gasteiger partial charge < -0.3 is 14.2 Å². The quantitative estimate of drug-likeness (QED) is 0.478. The number of imidazole rings is 1. The highest BCUT2D eigenvalue weighted by Gasteiger charge is 2.28. The first-order valence-corrected chi connectivity index (χ1v) is 10.8. The van der Waals surface area contributed by atoms with Crippen LogP contribution in [0.5, 0.6) is 5.75 Å². The molecule has 0 atom stereocenters. The van der Waals surface area contributed by atoms with Gasteiger partial charge in [-0.1, -0.05) is 30.3 Å². The Balaban J connectivity index is 1.46. The summed E-state index contributed by atoms with van der Waals surface area (Å²) in [6.45, 7) is 1.41. The maximum atomic E-state index is 13.6. The Morgan fingerprint density at radius 1 is 1.06 bits per heavy atom. The van der Waals surface area contributed by atoms with Gasteiger partial charge in [-0.25, -0.2) is 9.67 Å². The van der Waals surface area contributed by atoms with Crippen molar-refractivity contribution in [1.29, 1.82) is 0 Å². The summed E-state index contributed by atoms with van der Waals surface area (Å²) in [7, 11) is 1.64. The predicted molar refractivity (Wildman–Crippen MR) is 122 cm³/mol. The number of aromatic nitrogens is 4. The monoisotopic (exact) mass is 427 g/mol. The van der Waals surface area contributed by atoms with Gasteiger partial charge in [0.05, 0.1) is 24.7 Å². The Hall–Kier alpha value is -3.87. The highest BCUT2D eigenvalue weighted by molar-refractivity contribution is 6.00. The summed E-state index contributed by atoms with van der Waals surface area (Å²) in [6.07, 6.45) is 9.30. The third kappa shape index (κ3) is 3.89. The maximum absolute atomic E-state index is 13.6. The predicted octanol–water partition coefficient (Wildman–Crippen LogP) is 4.22. The lowest BCUT2D eigenvalue weighted by Crippen LogP contribution is -2.39. The Labute approximate surface area is 186 Å². The minimum absolute atomic E-state index is 0.00841. The molecule has 1 aliphatic rings. The van der Waals surface area contributed by atoms with Crippen LogP contribution in [0.2, 0.25) is 0 Å². The van der Waals surface area contributed by atoms with Gasteiger partial charge in [-0.05, 0) is 37.1 Å². The molecule has 0 unspecified atom stereocenters. The van der Waals surface area contributed by atoms with Crippen LogP contribution < -0.4 is 4.74 Å². The van der Waals surface area contributed by atoms with Crippen molar-refractivity contribution in [2.75, 3.05) is 20.2 Å². The molecule has 1 aliphatic heterocycles. The number of hydrogen-bond donors (Lipinski definition) is 0. The number of amides is 1. The van der Waals surface area contributed by atoms with Gasteiger partial charge in [0.15, 0.2) is 0 Å². The van der Waals surface area contributed by atoms with E-state index in [1.807, 2.05) is 78.2 Å². The van der Waals surface area contributed by atoms with Crippen molar-refractivity contribution in [3.8, 4) is 22.7 Å². The lowest BCUT2D eigenvalue weighted by molar-refractivity contribution is 0.0695. The summed E-state index contributed by atoms with van der Waals surface area (Å²) in [5, 5.41) is 4.80. The standard InChI is InChI=1S/C25H25N5O2/c1-32-22-9-5-6-19(16-22)24-23(17-30(27-24)21-7-3-2-4-8-21)25(31)28-13-10-20(11-14-28)29-15-12-26-18-29/h2-9,12,15-18,20H,10-11,13-14H2,1H3. The molecule has 0 aliphatic carbocycles. The van der Waals surface area contributed by atoms with Gasteiger partial charge in [0.1, 0.15) is 11.4 Å². The number of hydrogen-bond acceptors (Lipinski definition) is 4. The highest BCUT2D eigenvalue weighted by atomic mass is 16.5. The van der Waals surface area contributed by atoms with Gasteiger partial charge in [0.2, 0.25) is 0 Å². The van der Waals surface area contributed by atoms with Gasteiger partial charge in [-0.3, -0.25) is 4.79 Å². The van der Waals surface area contributed by atoms with Gasteiger partial charge in [0, 0.05) is 43.3 Å². The SMILES string of the molecule is COc1cccc(-c2nn(-c3ccccc3)cc2C(=O)N2CCC(n3ccnc3)CC2)c1. The number of nitrogens with zero attached hydrogens (tertiary/aromatic N) is 5. The van der Waals surface area contributed by atoms with Crippen LogP contribution in [0.4, 0.5) is 0 Å². The van der Waals surface area contributed by atoms with Crippen molar-refractivity contribution in [3.05, 3.63) is 85.1 Å². The van der Waals surface area contributed by atoms with Crippen molar-refractivity contribution >= 4 is 5.91 Å². The minimum Gasteiger partial charge on any atom is -0.497 e. The first-order valence-electron chi connectivity index (χ1n) is 10.8. The first kappa shape index (κ1) is 20.1. The van der Waals surface area contributed by atoms with Crippen LogP contribution in [0, 0.1) is 0 Å². The number of carbonyl (C=O) groups is 1. The summed E-state index contributed by atoms with van der Waals surface area (Å²) < 4.78 is 9.31. The number of rotatable bonds is 5. The fourth-order valence-corrected chi connectivity index (χ4v) is 4.25. The average Bonchev–Trinajstić information content (AvgIpc) is 3.55. The summed E-state index contributed by atoms with van der Waals surface area (Å²) in [5.74, 6) is 0.741. The van der Waals surface area contributed by atoms with Crippen molar-refractivity contribution in [2.24, 2.45) is 0 Å². The molecule has 32 heavy (non-hydrogen) atoms. The van der Waals surface area contributed by atoms with E-state index in [1.54, 1.807) is 18.0 Å². The second kappa shape index (κ2) is 8.70. The van der Waals surface area contributed by atoms with E-state index in [9.17, 15) is 4.79 Å². The van der Waals surface area contributed by atoms with Crippen molar-refractivity contribution in [1.82, 2.24) is 24.2 Å². The summed E-state index contributed by atoms with van der Waals surface area (Å²) in [5.41, 5.74) is 3.03. The van der Waals surface area contributed by atoms with Gasteiger partial charge in [-0.15, -0.1) is 0 Å². The molecule has 0 radical (unpaired) electrons. The molecule has 0 N–H and O–H groups in total. The number of methoxy groups -OCH3 is 1. The smallest absolute Gasteiger partial charge is 0.257 e. The van der Waals surface area contributed by atoms with Crippen LogP contribution in [-0.4, -0.2) is 50.3 Å². The van der Waals surface area contributed by atoms with Crippen LogP contribution in [0.15, 0.2) is 79.5 Å². The Bertz CT molecular complexity index is 1190. The minimum atomic E-state index is 0.00841. The zero-order valence-electron chi connectivity index (χ0n) is 18.0. The van der Waals surface area contributed by atoms with Crippen molar-refractivity contribution < 1.29 is 9.53 Å². The molecule has 7 heteroatoms. The lowest BCUT2D eigenvalue weighted by atomic mass is 10.0. The second-order valence-corrected chi connectivity index (χ2v) is 7.94. The van der Waals surface area contributed by atoms with Crippen LogP contribution in [0.25, 0.3) is 16.9 Å². The number of piperidine rings is 1. The fraction of sp³-hybridized carbons (Fsp3) is 0.240. The van der Waals surface area contributed by atoms with E-state index in [2.05, 4.69) is 9.55 Å². The lowest BCUT2D eigenvalue weighted by Gasteiger charge is -2.32. The summed E-state index contributed by atoms with van der Waals surface area (Å²) in [4.78, 5) is 19.7. The molecule has 162 valence electrons. The molecule has 0 bridgehead atoms.